The predicted molar refractivity (Wildman–Crippen MR) is 76.2 cm³/mol. The first-order valence-corrected chi connectivity index (χ1v) is 6.84. The van der Waals surface area contributed by atoms with Crippen LogP contribution in [-0.2, 0) is 0 Å². The Bertz CT molecular complexity index is 350. The van der Waals surface area contributed by atoms with E-state index in [-0.39, 0.29) is 6.10 Å². The largest absolute Gasteiger partial charge is 0.489 e. The van der Waals surface area contributed by atoms with Gasteiger partial charge >= 0.3 is 0 Å². The van der Waals surface area contributed by atoms with Crippen LogP contribution in [0.5, 0.6) is 5.75 Å². The lowest BCUT2D eigenvalue weighted by molar-refractivity contribution is 0.241. The summed E-state index contributed by atoms with van der Waals surface area (Å²) >= 11 is 0. The molecule has 0 radical (unpaired) electrons. The van der Waals surface area contributed by atoms with Crippen LogP contribution in [0.2, 0.25) is 0 Å². The van der Waals surface area contributed by atoms with Crippen molar-refractivity contribution in [2.24, 2.45) is 0 Å². The molecule has 3 nitrogen and oxygen atoms in total. The molecule has 0 spiro atoms. The van der Waals surface area contributed by atoms with E-state index in [4.69, 9.17) is 4.74 Å². The Labute approximate surface area is 111 Å². The van der Waals surface area contributed by atoms with Crippen LogP contribution in [-0.4, -0.2) is 23.7 Å². The highest BCUT2D eigenvalue weighted by atomic mass is 16.5. The second-order valence-electron chi connectivity index (χ2n) is 5.42. The maximum Gasteiger partial charge on any atom is 0.138 e. The zero-order chi connectivity index (χ0) is 13.5. The van der Waals surface area contributed by atoms with Gasteiger partial charge in [-0.15, -0.1) is 0 Å². The molecule has 3 heteroatoms. The molecule has 1 unspecified atom stereocenters. The quantitative estimate of drug-likeness (QED) is 0.805. The van der Waals surface area contributed by atoms with Crippen LogP contribution in [0.15, 0.2) is 18.5 Å². The van der Waals surface area contributed by atoms with E-state index < -0.39 is 0 Å². The lowest BCUT2D eigenvalue weighted by Gasteiger charge is -2.15. The lowest BCUT2D eigenvalue weighted by Crippen LogP contribution is -2.24. The summed E-state index contributed by atoms with van der Waals surface area (Å²) in [4.78, 5) is 4.26. The van der Waals surface area contributed by atoms with Crippen molar-refractivity contribution >= 4 is 0 Å². The van der Waals surface area contributed by atoms with Gasteiger partial charge in [0.15, 0.2) is 0 Å². The van der Waals surface area contributed by atoms with Gasteiger partial charge in [-0.2, -0.15) is 0 Å². The Hall–Kier alpha value is -1.09. The van der Waals surface area contributed by atoms with Gasteiger partial charge < -0.3 is 10.1 Å². The molecule has 0 aliphatic rings. The number of aromatic nitrogens is 1. The molecule has 1 aromatic rings. The molecule has 0 aliphatic carbocycles. The highest BCUT2D eigenvalue weighted by Crippen LogP contribution is 2.22. The van der Waals surface area contributed by atoms with Crippen molar-refractivity contribution in [1.29, 1.82) is 0 Å². The summed E-state index contributed by atoms with van der Waals surface area (Å²) in [5, 5.41) is 3.44. The maximum atomic E-state index is 5.67. The number of rotatable bonds is 7. The fourth-order valence-electron chi connectivity index (χ4n) is 1.80. The molecule has 0 saturated heterocycles. The van der Waals surface area contributed by atoms with Gasteiger partial charge in [0.25, 0.3) is 0 Å². The molecule has 0 fully saturated rings. The zero-order valence-corrected chi connectivity index (χ0v) is 12.2. The van der Waals surface area contributed by atoms with E-state index in [2.05, 4.69) is 37.1 Å². The van der Waals surface area contributed by atoms with Crippen molar-refractivity contribution in [3.8, 4) is 5.75 Å². The number of nitrogens with one attached hydrogen (secondary N) is 1. The molecular formula is C15H26N2O. The van der Waals surface area contributed by atoms with Crippen molar-refractivity contribution in [1.82, 2.24) is 10.3 Å². The molecule has 1 rings (SSSR count). The first kappa shape index (κ1) is 15.0. The fourth-order valence-corrected chi connectivity index (χ4v) is 1.80. The Balaban J connectivity index is 2.54. The molecule has 102 valence electrons. The van der Waals surface area contributed by atoms with E-state index in [0.29, 0.717) is 12.0 Å². The zero-order valence-electron chi connectivity index (χ0n) is 12.2. The Morgan fingerprint density at radius 3 is 2.50 bits per heavy atom. The van der Waals surface area contributed by atoms with Gasteiger partial charge in [0, 0.05) is 12.2 Å². The lowest BCUT2D eigenvalue weighted by atomic mass is 9.99. The topological polar surface area (TPSA) is 34.2 Å². The number of pyridine rings is 1. The normalized spacial score (nSPS) is 13.1. The highest BCUT2D eigenvalue weighted by Gasteiger charge is 2.08. The number of nitrogens with zero attached hydrogens (tertiary/aromatic N) is 1. The average Bonchev–Trinajstić information content (AvgIpc) is 2.27. The smallest absolute Gasteiger partial charge is 0.138 e. The summed E-state index contributed by atoms with van der Waals surface area (Å²) in [7, 11) is 0. The molecule has 0 aromatic carbocycles. The van der Waals surface area contributed by atoms with E-state index in [1.54, 1.807) is 6.20 Å². The van der Waals surface area contributed by atoms with Crippen LogP contribution in [0, 0.1) is 0 Å². The Morgan fingerprint density at radius 2 is 1.89 bits per heavy atom. The minimum atomic E-state index is 0.194. The van der Waals surface area contributed by atoms with Gasteiger partial charge in [0.05, 0.1) is 12.3 Å². The standard InChI is InChI=1S/C15H26N2O/c1-11(2)17-7-6-13(5)14-8-15(10-16-9-14)18-12(3)4/h8-13,17H,6-7H2,1-5H3. The van der Waals surface area contributed by atoms with Crippen LogP contribution >= 0.6 is 0 Å². The van der Waals surface area contributed by atoms with Crippen LogP contribution in [0.4, 0.5) is 0 Å². The first-order chi connectivity index (χ1) is 8.49. The third-order valence-corrected chi connectivity index (χ3v) is 2.81. The Morgan fingerprint density at radius 1 is 1.17 bits per heavy atom. The molecular weight excluding hydrogens is 224 g/mol. The summed E-state index contributed by atoms with van der Waals surface area (Å²) in [6.07, 6.45) is 5.03. The van der Waals surface area contributed by atoms with Gasteiger partial charge in [0.2, 0.25) is 0 Å². The van der Waals surface area contributed by atoms with E-state index >= 15 is 0 Å². The molecule has 0 amide bonds. The summed E-state index contributed by atoms with van der Waals surface area (Å²) in [6, 6.07) is 2.65. The summed E-state index contributed by atoms with van der Waals surface area (Å²) in [5.41, 5.74) is 1.25. The first-order valence-electron chi connectivity index (χ1n) is 6.84. The molecule has 18 heavy (non-hydrogen) atoms. The van der Waals surface area contributed by atoms with E-state index in [9.17, 15) is 0 Å². The summed E-state index contributed by atoms with van der Waals surface area (Å²) in [5.74, 6) is 1.37. The van der Waals surface area contributed by atoms with E-state index in [0.717, 1.165) is 18.7 Å². The fraction of sp³-hybridized carbons (Fsp3) is 0.667. The number of ether oxygens (including phenoxy) is 1. The van der Waals surface area contributed by atoms with Crippen molar-refractivity contribution in [2.45, 2.75) is 59.1 Å². The van der Waals surface area contributed by atoms with Crippen LogP contribution in [0.1, 0.15) is 52.5 Å². The minimum Gasteiger partial charge on any atom is -0.489 e. The van der Waals surface area contributed by atoms with Gasteiger partial charge in [-0.1, -0.05) is 20.8 Å². The molecule has 1 atom stereocenters. The molecule has 1 aromatic heterocycles. The summed E-state index contributed by atoms with van der Waals surface area (Å²) < 4.78 is 5.67. The minimum absolute atomic E-state index is 0.194. The SMILES string of the molecule is CC(C)NCCC(C)c1cncc(OC(C)C)c1. The van der Waals surface area contributed by atoms with Crippen LogP contribution in [0.3, 0.4) is 0 Å². The van der Waals surface area contributed by atoms with Crippen molar-refractivity contribution in [3.63, 3.8) is 0 Å². The van der Waals surface area contributed by atoms with E-state index in [1.165, 1.54) is 5.56 Å². The number of hydrogen-bond acceptors (Lipinski definition) is 3. The average molecular weight is 250 g/mol. The molecule has 0 aliphatic heterocycles. The third kappa shape index (κ3) is 5.50. The van der Waals surface area contributed by atoms with Gasteiger partial charge in [-0.05, 0) is 44.4 Å². The molecule has 0 saturated carbocycles. The van der Waals surface area contributed by atoms with Crippen molar-refractivity contribution in [3.05, 3.63) is 24.0 Å². The second kappa shape index (κ2) is 7.37. The van der Waals surface area contributed by atoms with Gasteiger partial charge in [-0.3, -0.25) is 4.98 Å². The van der Waals surface area contributed by atoms with Crippen LogP contribution in [0.25, 0.3) is 0 Å². The predicted octanol–water partition coefficient (Wildman–Crippen LogP) is 3.36. The van der Waals surface area contributed by atoms with Crippen molar-refractivity contribution < 1.29 is 4.74 Å². The van der Waals surface area contributed by atoms with Gasteiger partial charge in [-0.25, -0.2) is 0 Å². The van der Waals surface area contributed by atoms with Gasteiger partial charge in [0.1, 0.15) is 5.75 Å². The molecule has 1 N–H and O–H groups in total. The number of hydrogen-bond donors (Lipinski definition) is 1. The Kier molecular flexibility index (Phi) is 6.13. The third-order valence-electron chi connectivity index (χ3n) is 2.81. The summed E-state index contributed by atoms with van der Waals surface area (Å²) in [6.45, 7) is 11.7. The van der Waals surface area contributed by atoms with Crippen LogP contribution < -0.4 is 10.1 Å². The van der Waals surface area contributed by atoms with E-state index in [1.807, 2.05) is 20.0 Å². The second-order valence-corrected chi connectivity index (χ2v) is 5.42. The maximum absolute atomic E-state index is 5.67. The molecule has 0 bridgehead atoms. The van der Waals surface area contributed by atoms with Crippen molar-refractivity contribution in [2.75, 3.05) is 6.54 Å². The monoisotopic (exact) mass is 250 g/mol. The highest BCUT2D eigenvalue weighted by molar-refractivity contribution is 5.26. The molecule has 1 heterocycles.